The monoisotopic (exact) mass is 449 g/mol. The zero-order valence-electron chi connectivity index (χ0n) is 17.8. The summed E-state index contributed by atoms with van der Waals surface area (Å²) in [7, 11) is 0. The van der Waals surface area contributed by atoms with Crippen molar-refractivity contribution in [1.29, 1.82) is 0 Å². The minimum Gasteiger partial charge on any atom is -0.360 e. The highest BCUT2D eigenvalue weighted by atomic mass is 35.5. The van der Waals surface area contributed by atoms with Crippen molar-refractivity contribution < 1.29 is 9.32 Å². The SMILES string of the molecule is Cc1onc2c1c(=O)n(C1CCCC(C(=O)NCc3ccccc3)C1)c1cccc(Cl)c21. The first-order valence-electron chi connectivity index (χ1n) is 10.9. The van der Waals surface area contributed by atoms with Crippen molar-refractivity contribution in [2.75, 3.05) is 0 Å². The third-order valence-electron chi connectivity index (χ3n) is 6.48. The number of amides is 1. The topological polar surface area (TPSA) is 77.1 Å². The molecule has 2 unspecified atom stereocenters. The van der Waals surface area contributed by atoms with Crippen molar-refractivity contribution >= 4 is 39.3 Å². The molecule has 1 fully saturated rings. The number of carbonyl (C=O) groups excluding carboxylic acids is 1. The Balaban J connectivity index is 1.49. The number of pyridine rings is 1. The van der Waals surface area contributed by atoms with E-state index in [0.29, 0.717) is 34.7 Å². The summed E-state index contributed by atoms with van der Waals surface area (Å²) in [5, 5.41) is 8.89. The quantitative estimate of drug-likeness (QED) is 0.467. The van der Waals surface area contributed by atoms with Gasteiger partial charge in [0.2, 0.25) is 5.91 Å². The van der Waals surface area contributed by atoms with Crippen LogP contribution in [0.2, 0.25) is 5.02 Å². The third-order valence-corrected chi connectivity index (χ3v) is 6.79. The molecule has 0 aliphatic heterocycles. The smallest absolute Gasteiger partial charge is 0.264 e. The Kier molecular flexibility index (Phi) is 5.47. The summed E-state index contributed by atoms with van der Waals surface area (Å²) in [4.78, 5) is 26.5. The zero-order chi connectivity index (χ0) is 22.2. The summed E-state index contributed by atoms with van der Waals surface area (Å²) in [6.07, 6.45) is 3.14. The molecule has 164 valence electrons. The number of benzene rings is 2. The highest BCUT2D eigenvalue weighted by Gasteiger charge is 2.31. The van der Waals surface area contributed by atoms with Gasteiger partial charge in [-0.05, 0) is 43.9 Å². The van der Waals surface area contributed by atoms with Gasteiger partial charge in [-0.2, -0.15) is 0 Å². The van der Waals surface area contributed by atoms with Gasteiger partial charge in [0.05, 0.1) is 10.5 Å². The fourth-order valence-corrected chi connectivity index (χ4v) is 5.16. The summed E-state index contributed by atoms with van der Waals surface area (Å²) in [6, 6.07) is 15.3. The number of aryl methyl sites for hydroxylation is 1. The van der Waals surface area contributed by atoms with Gasteiger partial charge in [0, 0.05) is 23.9 Å². The van der Waals surface area contributed by atoms with E-state index in [-0.39, 0.29) is 23.4 Å². The van der Waals surface area contributed by atoms with Crippen LogP contribution in [0.15, 0.2) is 57.8 Å². The number of nitrogens with one attached hydrogen (secondary N) is 1. The largest absolute Gasteiger partial charge is 0.360 e. The van der Waals surface area contributed by atoms with E-state index in [0.717, 1.165) is 35.7 Å². The van der Waals surface area contributed by atoms with Crippen molar-refractivity contribution in [2.24, 2.45) is 5.92 Å². The van der Waals surface area contributed by atoms with E-state index < -0.39 is 0 Å². The lowest BCUT2D eigenvalue weighted by atomic mass is 9.84. The summed E-state index contributed by atoms with van der Waals surface area (Å²) < 4.78 is 7.16. The van der Waals surface area contributed by atoms with Crippen LogP contribution < -0.4 is 10.9 Å². The first kappa shape index (κ1) is 20.8. The minimum absolute atomic E-state index is 0.0381. The van der Waals surface area contributed by atoms with Crippen LogP contribution in [0.4, 0.5) is 0 Å². The lowest BCUT2D eigenvalue weighted by Gasteiger charge is -2.31. The molecule has 2 heterocycles. The van der Waals surface area contributed by atoms with Gasteiger partial charge in [-0.3, -0.25) is 9.59 Å². The number of nitrogens with zero attached hydrogens (tertiary/aromatic N) is 2. The third kappa shape index (κ3) is 3.58. The molecule has 1 amide bonds. The second kappa shape index (κ2) is 8.43. The van der Waals surface area contributed by atoms with Crippen molar-refractivity contribution in [3.8, 4) is 0 Å². The number of aromatic nitrogens is 2. The van der Waals surface area contributed by atoms with Gasteiger partial charge >= 0.3 is 0 Å². The van der Waals surface area contributed by atoms with E-state index in [9.17, 15) is 9.59 Å². The van der Waals surface area contributed by atoms with Crippen LogP contribution in [0.5, 0.6) is 0 Å². The van der Waals surface area contributed by atoms with Gasteiger partial charge in [-0.15, -0.1) is 0 Å². The molecule has 1 aliphatic carbocycles. The second-order valence-corrected chi connectivity index (χ2v) is 8.90. The van der Waals surface area contributed by atoms with Crippen LogP contribution in [-0.4, -0.2) is 15.6 Å². The molecule has 1 aliphatic rings. The fourth-order valence-electron chi connectivity index (χ4n) is 4.90. The number of fused-ring (bicyclic) bond motifs is 3. The average Bonchev–Trinajstić information content (AvgIpc) is 3.20. The Morgan fingerprint density at radius 3 is 2.78 bits per heavy atom. The van der Waals surface area contributed by atoms with E-state index in [1.165, 1.54) is 0 Å². The minimum atomic E-state index is -0.141. The number of carbonyl (C=O) groups is 1. The first-order valence-corrected chi connectivity index (χ1v) is 11.3. The fraction of sp³-hybridized carbons (Fsp3) is 0.320. The highest BCUT2D eigenvalue weighted by Crippen LogP contribution is 2.37. The molecule has 32 heavy (non-hydrogen) atoms. The van der Waals surface area contributed by atoms with Crippen molar-refractivity contribution in [1.82, 2.24) is 15.0 Å². The number of halogens is 1. The van der Waals surface area contributed by atoms with Crippen LogP contribution >= 0.6 is 11.6 Å². The second-order valence-electron chi connectivity index (χ2n) is 8.49. The normalized spacial score (nSPS) is 18.8. The van der Waals surface area contributed by atoms with Crippen LogP contribution in [-0.2, 0) is 11.3 Å². The summed E-state index contributed by atoms with van der Waals surface area (Å²) >= 11 is 6.53. The Hall–Kier alpha value is -3.12. The Morgan fingerprint density at radius 1 is 1.16 bits per heavy atom. The molecule has 1 saturated carbocycles. The summed E-state index contributed by atoms with van der Waals surface area (Å²) in [5.74, 6) is 0.377. The van der Waals surface area contributed by atoms with Gasteiger partial charge in [-0.25, -0.2) is 0 Å². The van der Waals surface area contributed by atoms with E-state index in [4.69, 9.17) is 16.1 Å². The molecule has 7 heteroatoms. The van der Waals surface area contributed by atoms with E-state index in [1.807, 2.05) is 47.0 Å². The predicted octanol–water partition coefficient (Wildman–Crippen LogP) is 5.15. The van der Waals surface area contributed by atoms with Crippen molar-refractivity contribution in [3.63, 3.8) is 0 Å². The zero-order valence-corrected chi connectivity index (χ0v) is 18.6. The molecular formula is C25H24ClN3O3. The first-order chi connectivity index (χ1) is 15.5. The molecule has 0 spiro atoms. The maximum atomic E-state index is 13.5. The average molecular weight is 450 g/mol. The lowest BCUT2D eigenvalue weighted by Crippen LogP contribution is -2.36. The molecule has 6 nitrogen and oxygen atoms in total. The van der Waals surface area contributed by atoms with Gasteiger partial charge in [-0.1, -0.05) is 59.6 Å². The number of rotatable bonds is 4. The Morgan fingerprint density at radius 2 is 1.97 bits per heavy atom. The van der Waals surface area contributed by atoms with Crippen molar-refractivity contribution in [2.45, 2.75) is 45.2 Å². The molecule has 0 radical (unpaired) electrons. The van der Waals surface area contributed by atoms with Gasteiger partial charge < -0.3 is 14.4 Å². The summed E-state index contributed by atoms with van der Waals surface area (Å²) in [6.45, 7) is 2.25. The van der Waals surface area contributed by atoms with E-state index in [1.54, 1.807) is 13.0 Å². The summed E-state index contributed by atoms with van der Waals surface area (Å²) in [5.41, 5.74) is 2.17. The van der Waals surface area contributed by atoms with Crippen LogP contribution in [0, 0.1) is 12.8 Å². The maximum absolute atomic E-state index is 13.5. The van der Waals surface area contributed by atoms with Gasteiger partial charge in [0.1, 0.15) is 16.7 Å². The molecule has 2 aromatic carbocycles. The van der Waals surface area contributed by atoms with Crippen LogP contribution in [0.25, 0.3) is 21.8 Å². The molecule has 4 aromatic rings. The highest BCUT2D eigenvalue weighted by molar-refractivity contribution is 6.37. The Bertz CT molecular complexity index is 1360. The van der Waals surface area contributed by atoms with E-state index in [2.05, 4.69) is 10.5 Å². The van der Waals surface area contributed by atoms with Crippen LogP contribution in [0.1, 0.15) is 43.0 Å². The molecule has 2 atom stereocenters. The molecule has 2 aromatic heterocycles. The molecule has 5 rings (SSSR count). The lowest BCUT2D eigenvalue weighted by molar-refractivity contribution is -0.126. The molecule has 1 N–H and O–H groups in total. The van der Waals surface area contributed by atoms with Gasteiger partial charge in [0.25, 0.3) is 5.56 Å². The number of hydrogen-bond donors (Lipinski definition) is 1. The molecule has 0 saturated heterocycles. The molecular weight excluding hydrogens is 426 g/mol. The number of hydrogen-bond acceptors (Lipinski definition) is 4. The van der Waals surface area contributed by atoms with Gasteiger partial charge in [0.15, 0.2) is 0 Å². The van der Waals surface area contributed by atoms with Crippen molar-refractivity contribution in [3.05, 3.63) is 75.2 Å². The Labute approximate surface area is 190 Å². The predicted molar refractivity (Wildman–Crippen MR) is 125 cm³/mol. The standard InChI is InChI=1S/C25H24ClN3O3/c1-15-21-23(28-32-15)22-19(26)11-6-12-20(22)29(25(21)31)18-10-5-9-17(13-18)24(30)27-14-16-7-3-2-4-8-16/h2-4,6-8,11-12,17-18H,5,9-10,13-14H2,1H3,(H,27,30). The van der Waals surface area contributed by atoms with Crippen LogP contribution in [0.3, 0.4) is 0 Å². The maximum Gasteiger partial charge on any atom is 0.264 e. The van der Waals surface area contributed by atoms with E-state index >= 15 is 0 Å². The molecule has 0 bridgehead atoms.